The number of amides is 2. The monoisotopic (exact) mass is 341 g/mol. The van der Waals surface area contributed by atoms with Crippen molar-refractivity contribution in [3.8, 4) is 0 Å². The van der Waals surface area contributed by atoms with Crippen LogP contribution in [0.4, 0.5) is 4.79 Å². The maximum absolute atomic E-state index is 12.4. The van der Waals surface area contributed by atoms with E-state index in [2.05, 4.69) is 12.2 Å². The van der Waals surface area contributed by atoms with E-state index in [-0.39, 0.29) is 18.7 Å². The highest BCUT2D eigenvalue weighted by atomic mass is 16.5. The molecular weight excluding hydrogens is 310 g/mol. The maximum atomic E-state index is 12.4. The van der Waals surface area contributed by atoms with Gasteiger partial charge in [-0.25, -0.2) is 4.79 Å². The Bertz CT molecular complexity index is 440. The minimum Gasteiger partial charge on any atom is -0.480 e. The Labute approximate surface area is 144 Å². The van der Waals surface area contributed by atoms with Gasteiger partial charge >= 0.3 is 12.0 Å². The normalized spacial score (nSPS) is 23.0. The van der Waals surface area contributed by atoms with Gasteiger partial charge in [0.15, 0.2) is 0 Å². The Balaban J connectivity index is 1.76. The number of nitrogens with zero attached hydrogens (tertiary/aromatic N) is 2. The summed E-state index contributed by atoms with van der Waals surface area (Å²) in [4.78, 5) is 26.7. The molecule has 1 aliphatic heterocycles. The Morgan fingerprint density at radius 1 is 1.42 bits per heavy atom. The number of ether oxygens (including phenoxy) is 1. The second kappa shape index (κ2) is 8.67. The molecule has 2 aliphatic rings. The number of hydrogen-bond donors (Lipinski definition) is 2. The summed E-state index contributed by atoms with van der Waals surface area (Å²) in [7, 11) is 1.75. The zero-order valence-corrected chi connectivity index (χ0v) is 14.9. The van der Waals surface area contributed by atoms with Crippen LogP contribution in [0.5, 0.6) is 0 Å². The summed E-state index contributed by atoms with van der Waals surface area (Å²) in [5.41, 5.74) is 0.317. The fourth-order valence-corrected chi connectivity index (χ4v) is 3.75. The number of carbonyl (C=O) groups is 2. The van der Waals surface area contributed by atoms with Crippen molar-refractivity contribution in [2.75, 3.05) is 46.4 Å². The van der Waals surface area contributed by atoms with Crippen molar-refractivity contribution < 1.29 is 19.4 Å². The van der Waals surface area contributed by atoms with E-state index in [9.17, 15) is 9.59 Å². The molecule has 2 fully saturated rings. The number of hydrogen-bond acceptors (Lipinski definition) is 4. The van der Waals surface area contributed by atoms with Crippen LogP contribution in [-0.4, -0.2) is 79.4 Å². The summed E-state index contributed by atoms with van der Waals surface area (Å²) >= 11 is 0. The SMILES string of the molecule is CCCC1(CNC(=O)N2CCOC(CN(C)CC(=O)O)C2)CCC1. The molecule has 7 nitrogen and oxygen atoms in total. The second-order valence-corrected chi connectivity index (χ2v) is 7.29. The van der Waals surface area contributed by atoms with Crippen molar-refractivity contribution >= 4 is 12.0 Å². The number of rotatable bonds is 8. The first-order chi connectivity index (χ1) is 11.4. The van der Waals surface area contributed by atoms with E-state index in [0.29, 0.717) is 31.7 Å². The van der Waals surface area contributed by atoms with Crippen molar-refractivity contribution in [2.24, 2.45) is 5.41 Å². The van der Waals surface area contributed by atoms with Crippen molar-refractivity contribution in [1.82, 2.24) is 15.1 Å². The molecule has 2 rings (SSSR count). The smallest absolute Gasteiger partial charge is 0.317 e. The zero-order valence-electron chi connectivity index (χ0n) is 14.9. The van der Waals surface area contributed by atoms with E-state index in [0.717, 1.165) is 13.0 Å². The van der Waals surface area contributed by atoms with Crippen LogP contribution in [0.1, 0.15) is 39.0 Å². The minimum absolute atomic E-state index is 0.0217. The Morgan fingerprint density at radius 3 is 2.75 bits per heavy atom. The Morgan fingerprint density at radius 2 is 2.17 bits per heavy atom. The molecule has 1 unspecified atom stereocenters. The number of nitrogens with one attached hydrogen (secondary N) is 1. The molecule has 7 heteroatoms. The summed E-state index contributed by atoms with van der Waals surface area (Å²) in [5.74, 6) is -0.857. The fraction of sp³-hybridized carbons (Fsp3) is 0.882. The van der Waals surface area contributed by atoms with Gasteiger partial charge in [0, 0.05) is 26.2 Å². The van der Waals surface area contributed by atoms with Crippen LogP contribution in [0.2, 0.25) is 0 Å². The average molecular weight is 341 g/mol. The van der Waals surface area contributed by atoms with Crippen molar-refractivity contribution in [3.63, 3.8) is 0 Å². The van der Waals surface area contributed by atoms with E-state index in [1.807, 2.05) is 0 Å². The van der Waals surface area contributed by atoms with Gasteiger partial charge in [-0.05, 0) is 31.7 Å². The van der Waals surface area contributed by atoms with Gasteiger partial charge in [0.2, 0.25) is 0 Å². The number of morpholine rings is 1. The van der Waals surface area contributed by atoms with Gasteiger partial charge in [-0.15, -0.1) is 0 Å². The van der Waals surface area contributed by atoms with E-state index >= 15 is 0 Å². The highest BCUT2D eigenvalue weighted by Crippen LogP contribution is 2.44. The maximum Gasteiger partial charge on any atom is 0.317 e. The van der Waals surface area contributed by atoms with Crippen LogP contribution in [0.25, 0.3) is 0 Å². The first kappa shape index (κ1) is 19.0. The summed E-state index contributed by atoms with van der Waals surface area (Å²) in [6.07, 6.45) is 5.90. The molecule has 0 bridgehead atoms. The molecule has 0 radical (unpaired) electrons. The van der Waals surface area contributed by atoms with Gasteiger partial charge in [-0.3, -0.25) is 9.69 Å². The molecule has 1 atom stereocenters. The molecule has 0 aromatic carbocycles. The summed E-state index contributed by atoms with van der Waals surface area (Å²) in [5, 5.41) is 11.9. The quantitative estimate of drug-likeness (QED) is 0.697. The Hall–Kier alpha value is -1.34. The van der Waals surface area contributed by atoms with Crippen LogP contribution < -0.4 is 5.32 Å². The van der Waals surface area contributed by atoms with E-state index in [4.69, 9.17) is 9.84 Å². The van der Waals surface area contributed by atoms with Crippen LogP contribution in [0, 0.1) is 5.41 Å². The third-order valence-corrected chi connectivity index (χ3v) is 5.16. The largest absolute Gasteiger partial charge is 0.480 e. The lowest BCUT2D eigenvalue weighted by Crippen LogP contribution is -2.54. The predicted octanol–water partition coefficient (Wildman–Crippen LogP) is 1.38. The van der Waals surface area contributed by atoms with Gasteiger partial charge in [0.25, 0.3) is 0 Å². The molecule has 1 aliphatic carbocycles. The third-order valence-electron chi connectivity index (χ3n) is 5.16. The van der Waals surface area contributed by atoms with Crippen LogP contribution in [-0.2, 0) is 9.53 Å². The van der Waals surface area contributed by atoms with Crippen LogP contribution >= 0.6 is 0 Å². The number of aliphatic carboxylic acids is 1. The molecule has 1 saturated heterocycles. The van der Waals surface area contributed by atoms with Crippen molar-refractivity contribution in [3.05, 3.63) is 0 Å². The van der Waals surface area contributed by atoms with E-state index < -0.39 is 5.97 Å². The molecule has 0 aromatic heterocycles. The van der Waals surface area contributed by atoms with Gasteiger partial charge in [-0.2, -0.15) is 0 Å². The fourth-order valence-electron chi connectivity index (χ4n) is 3.75. The average Bonchev–Trinajstić information content (AvgIpc) is 2.48. The van der Waals surface area contributed by atoms with Gasteiger partial charge < -0.3 is 20.1 Å². The highest BCUT2D eigenvalue weighted by molar-refractivity contribution is 5.74. The van der Waals surface area contributed by atoms with Gasteiger partial charge in [-0.1, -0.05) is 19.8 Å². The molecular formula is C17H31N3O4. The highest BCUT2D eigenvalue weighted by Gasteiger charge is 2.36. The van der Waals surface area contributed by atoms with E-state index in [1.54, 1.807) is 16.8 Å². The summed E-state index contributed by atoms with van der Waals surface area (Å²) in [6.45, 7) is 5.05. The predicted molar refractivity (Wildman–Crippen MR) is 91.0 cm³/mol. The zero-order chi connectivity index (χ0) is 17.6. The first-order valence-electron chi connectivity index (χ1n) is 8.99. The molecule has 2 amide bonds. The molecule has 0 spiro atoms. The Kier molecular flexibility index (Phi) is 6.86. The van der Waals surface area contributed by atoms with Gasteiger partial charge in [0.05, 0.1) is 19.3 Å². The topological polar surface area (TPSA) is 82.1 Å². The number of carbonyl (C=O) groups excluding carboxylic acids is 1. The number of urea groups is 1. The van der Waals surface area contributed by atoms with E-state index in [1.165, 1.54) is 25.7 Å². The second-order valence-electron chi connectivity index (χ2n) is 7.29. The number of likely N-dealkylation sites (N-methyl/N-ethyl adjacent to an activating group) is 1. The molecule has 1 saturated carbocycles. The lowest BCUT2D eigenvalue weighted by molar-refractivity contribution is -0.138. The molecule has 1 heterocycles. The van der Waals surface area contributed by atoms with Crippen molar-refractivity contribution in [1.29, 1.82) is 0 Å². The van der Waals surface area contributed by atoms with Crippen LogP contribution in [0.3, 0.4) is 0 Å². The summed E-state index contributed by atoms with van der Waals surface area (Å²) in [6, 6.07) is -0.0217. The molecule has 2 N–H and O–H groups in total. The lowest BCUT2D eigenvalue weighted by atomic mass is 9.66. The first-order valence-corrected chi connectivity index (χ1v) is 8.99. The standard InChI is InChI=1S/C17H31N3O4/c1-3-5-17(6-4-7-17)13-18-16(23)20-8-9-24-14(11-20)10-19(2)12-15(21)22/h14H,3-13H2,1-2H3,(H,18,23)(H,21,22). The minimum atomic E-state index is -0.857. The lowest BCUT2D eigenvalue weighted by Gasteiger charge is -2.43. The number of carboxylic acids is 1. The third kappa shape index (κ3) is 5.34. The van der Waals surface area contributed by atoms with Crippen molar-refractivity contribution in [2.45, 2.75) is 45.1 Å². The molecule has 24 heavy (non-hydrogen) atoms. The van der Waals surface area contributed by atoms with Gasteiger partial charge in [0.1, 0.15) is 0 Å². The molecule has 138 valence electrons. The summed E-state index contributed by atoms with van der Waals surface area (Å²) < 4.78 is 5.67. The van der Waals surface area contributed by atoms with Crippen LogP contribution in [0.15, 0.2) is 0 Å². The molecule has 0 aromatic rings. The number of carboxylic acid groups (broad SMARTS) is 1.